The van der Waals surface area contributed by atoms with E-state index in [0.29, 0.717) is 17.1 Å². The van der Waals surface area contributed by atoms with Crippen molar-refractivity contribution in [3.63, 3.8) is 0 Å². The van der Waals surface area contributed by atoms with E-state index in [1.165, 1.54) is 6.42 Å². The number of carbonyl (C=O) groups is 1. The van der Waals surface area contributed by atoms with Crippen LogP contribution in [0.25, 0.3) is 0 Å². The molecular weight excluding hydrogens is 238 g/mol. The van der Waals surface area contributed by atoms with Crippen molar-refractivity contribution in [2.75, 3.05) is 11.9 Å². The quantitative estimate of drug-likeness (QED) is 0.764. The van der Waals surface area contributed by atoms with E-state index in [-0.39, 0.29) is 5.54 Å². The van der Waals surface area contributed by atoms with Crippen LogP contribution < -0.4 is 16.8 Å². The molecule has 2 rings (SSSR count). The van der Waals surface area contributed by atoms with Crippen LogP contribution in [0, 0.1) is 0 Å². The van der Waals surface area contributed by atoms with Crippen LogP contribution in [0.5, 0.6) is 0 Å². The molecule has 0 radical (unpaired) electrons. The van der Waals surface area contributed by atoms with Crippen molar-refractivity contribution in [1.29, 1.82) is 0 Å². The van der Waals surface area contributed by atoms with Gasteiger partial charge in [0.05, 0.1) is 10.7 Å². The van der Waals surface area contributed by atoms with Gasteiger partial charge in [0, 0.05) is 17.6 Å². The molecule has 1 aromatic rings. The van der Waals surface area contributed by atoms with Gasteiger partial charge < -0.3 is 16.8 Å². The Morgan fingerprint density at radius 2 is 2.18 bits per heavy atom. The van der Waals surface area contributed by atoms with Crippen LogP contribution in [0.4, 0.5) is 5.69 Å². The smallest absolute Gasteiger partial charge is 0.248 e. The highest BCUT2D eigenvalue weighted by atomic mass is 35.5. The summed E-state index contributed by atoms with van der Waals surface area (Å²) in [5.41, 5.74) is 12.4. The minimum absolute atomic E-state index is 0.105. The van der Waals surface area contributed by atoms with E-state index in [9.17, 15) is 4.79 Å². The fourth-order valence-corrected chi connectivity index (χ4v) is 2.14. The number of amides is 1. The van der Waals surface area contributed by atoms with Crippen molar-refractivity contribution in [3.05, 3.63) is 28.8 Å². The average Bonchev–Trinajstić information content (AvgIpc) is 2.24. The van der Waals surface area contributed by atoms with Crippen molar-refractivity contribution >= 4 is 23.2 Å². The number of primary amides is 1. The molecule has 0 spiro atoms. The van der Waals surface area contributed by atoms with Gasteiger partial charge >= 0.3 is 0 Å². The van der Waals surface area contributed by atoms with Gasteiger partial charge in [-0.2, -0.15) is 0 Å². The average molecular weight is 254 g/mol. The summed E-state index contributed by atoms with van der Waals surface area (Å²) in [7, 11) is 0. The molecule has 1 aromatic carbocycles. The van der Waals surface area contributed by atoms with Crippen molar-refractivity contribution < 1.29 is 4.79 Å². The number of rotatable bonds is 4. The summed E-state index contributed by atoms with van der Waals surface area (Å²) in [6, 6.07) is 4.97. The molecule has 0 unspecified atom stereocenters. The number of benzene rings is 1. The lowest BCUT2D eigenvalue weighted by molar-refractivity contribution is 0.100. The molecule has 0 atom stereocenters. The topological polar surface area (TPSA) is 81.1 Å². The zero-order valence-corrected chi connectivity index (χ0v) is 10.3. The minimum atomic E-state index is -0.479. The van der Waals surface area contributed by atoms with E-state index < -0.39 is 5.91 Å². The first-order valence-corrected chi connectivity index (χ1v) is 6.00. The lowest BCUT2D eigenvalue weighted by Gasteiger charge is -2.38. The Hall–Kier alpha value is -1.26. The van der Waals surface area contributed by atoms with E-state index in [0.717, 1.165) is 18.5 Å². The van der Waals surface area contributed by atoms with Gasteiger partial charge in [0.2, 0.25) is 5.91 Å². The molecule has 1 saturated carbocycles. The van der Waals surface area contributed by atoms with Gasteiger partial charge in [-0.25, -0.2) is 0 Å². The molecule has 92 valence electrons. The Kier molecular flexibility index (Phi) is 3.26. The number of nitrogens with two attached hydrogens (primary N) is 2. The Bertz CT molecular complexity index is 443. The third-order valence-corrected chi connectivity index (χ3v) is 3.55. The summed E-state index contributed by atoms with van der Waals surface area (Å²) in [5.74, 6) is -0.479. The number of nitrogens with one attached hydrogen (secondary N) is 1. The molecule has 1 amide bonds. The Morgan fingerprint density at radius 1 is 1.47 bits per heavy atom. The fourth-order valence-electron chi connectivity index (χ4n) is 1.89. The van der Waals surface area contributed by atoms with Crippen LogP contribution in [-0.4, -0.2) is 18.0 Å². The summed E-state index contributed by atoms with van der Waals surface area (Å²) in [6.07, 6.45) is 3.26. The van der Waals surface area contributed by atoms with Crippen LogP contribution in [0.2, 0.25) is 5.02 Å². The van der Waals surface area contributed by atoms with E-state index in [1.807, 2.05) is 0 Å². The monoisotopic (exact) mass is 253 g/mol. The highest BCUT2D eigenvalue weighted by Crippen LogP contribution is 2.30. The zero-order chi connectivity index (χ0) is 12.5. The van der Waals surface area contributed by atoms with E-state index >= 15 is 0 Å². The van der Waals surface area contributed by atoms with Gasteiger partial charge in [-0.15, -0.1) is 0 Å². The Balaban J connectivity index is 2.03. The lowest BCUT2D eigenvalue weighted by Crippen LogP contribution is -2.51. The molecule has 0 saturated heterocycles. The largest absolute Gasteiger partial charge is 0.382 e. The first-order valence-electron chi connectivity index (χ1n) is 5.62. The Morgan fingerprint density at radius 3 is 2.65 bits per heavy atom. The van der Waals surface area contributed by atoms with E-state index in [1.54, 1.807) is 18.2 Å². The second kappa shape index (κ2) is 4.55. The summed E-state index contributed by atoms with van der Waals surface area (Å²) < 4.78 is 0. The summed E-state index contributed by atoms with van der Waals surface area (Å²) >= 11 is 6.05. The first-order chi connectivity index (χ1) is 8.00. The molecule has 1 aliphatic carbocycles. The molecule has 5 N–H and O–H groups in total. The van der Waals surface area contributed by atoms with Gasteiger partial charge in [0.15, 0.2) is 0 Å². The third-order valence-electron chi connectivity index (χ3n) is 3.23. The normalized spacial score (nSPS) is 17.3. The number of halogens is 1. The van der Waals surface area contributed by atoms with Crippen LogP contribution in [0.1, 0.15) is 29.6 Å². The highest BCUT2D eigenvalue weighted by molar-refractivity contribution is 6.33. The predicted molar refractivity (Wildman–Crippen MR) is 69.2 cm³/mol. The SMILES string of the molecule is NC(=O)c1ccc(NCC2(N)CCC2)c(Cl)c1. The fraction of sp³-hybridized carbons (Fsp3) is 0.417. The third kappa shape index (κ3) is 2.70. The van der Waals surface area contributed by atoms with Crippen LogP contribution >= 0.6 is 11.6 Å². The van der Waals surface area contributed by atoms with Gasteiger partial charge in [0.25, 0.3) is 0 Å². The van der Waals surface area contributed by atoms with Gasteiger partial charge in [-0.1, -0.05) is 11.6 Å². The summed E-state index contributed by atoms with van der Waals surface area (Å²) in [4.78, 5) is 11.0. The maximum atomic E-state index is 11.0. The molecular formula is C12H16ClN3O. The molecule has 0 heterocycles. The molecule has 4 nitrogen and oxygen atoms in total. The van der Waals surface area contributed by atoms with E-state index in [2.05, 4.69) is 5.32 Å². The number of anilines is 1. The molecule has 0 aliphatic heterocycles. The zero-order valence-electron chi connectivity index (χ0n) is 9.50. The molecule has 17 heavy (non-hydrogen) atoms. The molecule has 1 aliphatic rings. The first kappa shape index (κ1) is 12.2. The number of carbonyl (C=O) groups excluding carboxylic acids is 1. The predicted octanol–water partition coefficient (Wildman–Crippen LogP) is 1.73. The number of hydrogen-bond acceptors (Lipinski definition) is 3. The van der Waals surface area contributed by atoms with Crippen molar-refractivity contribution in [2.45, 2.75) is 24.8 Å². The van der Waals surface area contributed by atoms with Crippen LogP contribution in [0.15, 0.2) is 18.2 Å². The minimum Gasteiger partial charge on any atom is -0.382 e. The number of hydrogen-bond donors (Lipinski definition) is 3. The maximum absolute atomic E-state index is 11.0. The van der Waals surface area contributed by atoms with Crippen molar-refractivity contribution in [1.82, 2.24) is 0 Å². The molecule has 0 aromatic heterocycles. The lowest BCUT2D eigenvalue weighted by atomic mass is 9.78. The standard InChI is InChI=1S/C12H16ClN3O/c13-9-6-8(11(14)17)2-3-10(9)16-7-12(15)4-1-5-12/h2-3,6,16H,1,4-5,7,15H2,(H2,14,17). The van der Waals surface area contributed by atoms with Crippen LogP contribution in [0.3, 0.4) is 0 Å². The van der Waals surface area contributed by atoms with Gasteiger partial charge in [-0.3, -0.25) is 4.79 Å². The molecule has 5 heteroatoms. The van der Waals surface area contributed by atoms with Gasteiger partial charge in [-0.05, 0) is 37.5 Å². The van der Waals surface area contributed by atoms with Crippen LogP contribution in [-0.2, 0) is 0 Å². The van der Waals surface area contributed by atoms with E-state index in [4.69, 9.17) is 23.1 Å². The Labute approximate surface area is 105 Å². The van der Waals surface area contributed by atoms with Crippen molar-refractivity contribution in [3.8, 4) is 0 Å². The second-order valence-corrected chi connectivity index (χ2v) is 5.04. The highest BCUT2D eigenvalue weighted by Gasteiger charge is 2.32. The second-order valence-electron chi connectivity index (χ2n) is 4.63. The summed E-state index contributed by atoms with van der Waals surface area (Å²) in [5, 5.41) is 3.70. The van der Waals surface area contributed by atoms with Gasteiger partial charge in [0.1, 0.15) is 0 Å². The van der Waals surface area contributed by atoms with Crippen molar-refractivity contribution in [2.24, 2.45) is 11.5 Å². The maximum Gasteiger partial charge on any atom is 0.248 e. The molecule has 1 fully saturated rings. The summed E-state index contributed by atoms with van der Waals surface area (Å²) in [6.45, 7) is 0.697. The molecule has 0 bridgehead atoms.